The lowest BCUT2D eigenvalue weighted by Gasteiger charge is -2.59. The van der Waals surface area contributed by atoms with Crippen molar-refractivity contribution in [1.82, 2.24) is 0 Å². The zero-order chi connectivity index (χ0) is 19.5. The van der Waals surface area contributed by atoms with Crippen LogP contribution in [0, 0.1) is 34.5 Å². The fourth-order valence-electron chi connectivity index (χ4n) is 7.79. The highest BCUT2D eigenvalue weighted by Gasteiger charge is 2.61. The van der Waals surface area contributed by atoms with Gasteiger partial charge >= 0.3 is 0 Å². The first-order valence-corrected chi connectivity index (χ1v) is 11.4. The number of aliphatic hydroxyl groups excluding tert-OH is 1. The summed E-state index contributed by atoms with van der Waals surface area (Å²) >= 11 is 0. The van der Waals surface area contributed by atoms with Crippen LogP contribution in [0.4, 0.5) is 0 Å². The van der Waals surface area contributed by atoms with E-state index in [0.717, 1.165) is 42.7 Å². The van der Waals surface area contributed by atoms with Crippen LogP contribution in [-0.4, -0.2) is 17.0 Å². The Kier molecular flexibility index (Phi) is 4.36. The van der Waals surface area contributed by atoms with Gasteiger partial charge in [-0.15, -0.1) is 0 Å². The first kappa shape index (κ1) is 18.6. The molecule has 4 saturated carbocycles. The molecule has 5 rings (SSSR count). The molecule has 0 bridgehead atoms. The van der Waals surface area contributed by atoms with Crippen molar-refractivity contribution in [2.24, 2.45) is 34.5 Å². The molecule has 7 atom stereocenters. The third-order valence-corrected chi connectivity index (χ3v) is 9.42. The van der Waals surface area contributed by atoms with Crippen LogP contribution < -0.4 is 0 Å². The van der Waals surface area contributed by atoms with Crippen LogP contribution in [0.1, 0.15) is 70.8 Å². The summed E-state index contributed by atoms with van der Waals surface area (Å²) in [6.45, 7) is 4.78. The van der Waals surface area contributed by atoms with Crippen molar-refractivity contribution in [2.75, 3.05) is 0 Å². The number of carbonyl (C=O) groups excluding carboxylic acids is 1. The monoisotopic (exact) mass is 378 g/mol. The molecule has 0 aromatic heterocycles. The summed E-state index contributed by atoms with van der Waals surface area (Å²) in [7, 11) is 0. The van der Waals surface area contributed by atoms with Crippen molar-refractivity contribution in [3.63, 3.8) is 0 Å². The SMILES string of the molecule is C[C@]12CC[C@H](O)C[C@@H]1CC[C@H]1[C@H]2CC[C@]2(C)C(=O)/C(=C/c3ccccc3)C[C@H]12. The fraction of sp³-hybridized carbons (Fsp3) is 0.654. The number of allylic oxidation sites excluding steroid dienone is 1. The highest BCUT2D eigenvalue weighted by atomic mass is 16.3. The quantitative estimate of drug-likeness (QED) is 0.641. The number of Topliss-reactive ketones (excluding diaryl/α,β-unsaturated/α-hetero) is 1. The molecule has 2 heteroatoms. The Labute approximate surface area is 169 Å². The van der Waals surface area contributed by atoms with E-state index in [9.17, 15) is 9.90 Å². The Morgan fingerprint density at radius 1 is 1.00 bits per heavy atom. The van der Waals surface area contributed by atoms with E-state index >= 15 is 0 Å². The minimum Gasteiger partial charge on any atom is -0.393 e. The predicted molar refractivity (Wildman–Crippen MR) is 113 cm³/mol. The third kappa shape index (κ3) is 2.67. The van der Waals surface area contributed by atoms with E-state index in [0.29, 0.717) is 29.0 Å². The van der Waals surface area contributed by atoms with Gasteiger partial charge in [0.25, 0.3) is 0 Å². The molecular weight excluding hydrogens is 344 g/mol. The maximum atomic E-state index is 13.4. The summed E-state index contributed by atoms with van der Waals surface area (Å²) in [6, 6.07) is 10.3. The molecule has 0 saturated heterocycles. The number of fused-ring (bicyclic) bond motifs is 5. The highest BCUT2D eigenvalue weighted by molar-refractivity contribution is 6.05. The topological polar surface area (TPSA) is 37.3 Å². The Balaban J connectivity index is 1.45. The van der Waals surface area contributed by atoms with Crippen molar-refractivity contribution in [3.8, 4) is 0 Å². The normalized spacial score (nSPS) is 46.8. The van der Waals surface area contributed by atoms with E-state index in [1.807, 2.05) is 6.07 Å². The number of aliphatic hydroxyl groups is 1. The summed E-state index contributed by atoms with van der Waals surface area (Å²) in [5.41, 5.74) is 2.43. The summed E-state index contributed by atoms with van der Waals surface area (Å²) < 4.78 is 0. The van der Waals surface area contributed by atoms with Crippen molar-refractivity contribution < 1.29 is 9.90 Å². The number of carbonyl (C=O) groups is 1. The average molecular weight is 379 g/mol. The van der Waals surface area contributed by atoms with Gasteiger partial charge in [0, 0.05) is 5.41 Å². The van der Waals surface area contributed by atoms with E-state index in [2.05, 4.69) is 44.2 Å². The summed E-state index contributed by atoms with van der Waals surface area (Å²) in [5.74, 6) is 3.03. The van der Waals surface area contributed by atoms with Gasteiger partial charge in [-0.1, -0.05) is 44.2 Å². The van der Waals surface area contributed by atoms with Gasteiger partial charge < -0.3 is 5.11 Å². The van der Waals surface area contributed by atoms with Gasteiger partial charge in [0.2, 0.25) is 0 Å². The van der Waals surface area contributed by atoms with Crippen molar-refractivity contribution >= 4 is 11.9 Å². The standard InChI is InChI=1S/C26H34O2/c1-25-12-10-20(27)16-19(25)8-9-21-22(25)11-13-26(2)23(21)15-18(24(26)28)14-17-6-4-3-5-7-17/h3-7,14,19-23,27H,8-13,15-16H2,1-2H3/b18-14+/t19-,20-,21-,22+,23+,25-,26-/m0/s1. The molecule has 0 aliphatic heterocycles. The second-order valence-corrected chi connectivity index (χ2v) is 10.7. The number of rotatable bonds is 1. The molecule has 0 radical (unpaired) electrons. The van der Waals surface area contributed by atoms with Crippen LogP contribution >= 0.6 is 0 Å². The van der Waals surface area contributed by atoms with Crippen molar-refractivity contribution in [3.05, 3.63) is 41.5 Å². The molecule has 150 valence electrons. The predicted octanol–water partition coefficient (Wildman–Crippen LogP) is 5.65. The molecule has 2 nitrogen and oxygen atoms in total. The maximum absolute atomic E-state index is 13.4. The number of ketones is 1. The van der Waals surface area contributed by atoms with Gasteiger partial charge in [-0.2, -0.15) is 0 Å². The molecular formula is C26H34O2. The lowest BCUT2D eigenvalue weighted by atomic mass is 9.45. The van der Waals surface area contributed by atoms with Gasteiger partial charge in [-0.25, -0.2) is 0 Å². The van der Waals surface area contributed by atoms with Gasteiger partial charge in [-0.3, -0.25) is 4.79 Å². The van der Waals surface area contributed by atoms with Gasteiger partial charge in [-0.05, 0) is 97.7 Å². The molecule has 1 aromatic rings. The molecule has 1 N–H and O–H groups in total. The van der Waals surface area contributed by atoms with Gasteiger partial charge in [0.15, 0.2) is 5.78 Å². The number of hydrogen-bond donors (Lipinski definition) is 1. The summed E-state index contributed by atoms with van der Waals surface area (Å²) in [5, 5.41) is 10.2. The molecule has 4 aliphatic rings. The fourth-order valence-corrected chi connectivity index (χ4v) is 7.79. The molecule has 0 amide bonds. The minimum atomic E-state index is -0.154. The van der Waals surface area contributed by atoms with Crippen LogP contribution in [0.15, 0.2) is 35.9 Å². The zero-order valence-electron chi connectivity index (χ0n) is 17.4. The summed E-state index contributed by atoms with van der Waals surface area (Å²) in [6.07, 6.45) is 10.9. The molecule has 0 spiro atoms. The summed E-state index contributed by atoms with van der Waals surface area (Å²) in [4.78, 5) is 13.4. The third-order valence-electron chi connectivity index (χ3n) is 9.42. The van der Waals surface area contributed by atoms with E-state index in [1.54, 1.807) is 0 Å². The smallest absolute Gasteiger partial charge is 0.165 e. The molecule has 0 unspecified atom stereocenters. The van der Waals surface area contributed by atoms with Crippen molar-refractivity contribution in [2.45, 2.75) is 71.3 Å². The Hall–Kier alpha value is -1.41. The van der Waals surface area contributed by atoms with E-state index < -0.39 is 0 Å². The molecule has 28 heavy (non-hydrogen) atoms. The Bertz CT molecular complexity index is 796. The highest BCUT2D eigenvalue weighted by Crippen LogP contribution is 2.66. The largest absolute Gasteiger partial charge is 0.393 e. The maximum Gasteiger partial charge on any atom is 0.165 e. The van der Waals surface area contributed by atoms with Crippen LogP contribution in [0.2, 0.25) is 0 Å². The zero-order valence-corrected chi connectivity index (χ0v) is 17.4. The minimum absolute atomic E-state index is 0.0862. The molecule has 1 aromatic carbocycles. The second-order valence-electron chi connectivity index (χ2n) is 10.7. The average Bonchev–Trinajstić information content (AvgIpc) is 2.94. The van der Waals surface area contributed by atoms with E-state index in [4.69, 9.17) is 0 Å². The molecule has 4 fully saturated rings. The van der Waals surface area contributed by atoms with Gasteiger partial charge in [0.05, 0.1) is 6.10 Å². The van der Waals surface area contributed by atoms with Crippen molar-refractivity contribution in [1.29, 1.82) is 0 Å². The van der Waals surface area contributed by atoms with E-state index in [1.165, 1.54) is 25.7 Å². The van der Waals surface area contributed by atoms with Crippen LogP contribution in [0.3, 0.4) is 0 Å². The lowest BCUT2D eigenvalue weighted by Crippen LogP contribution is -2.54. The lowest BCUT2D eigenvalue weighted by molar-refractivity contribution is -0.141. The Morgan fingerprint density at radius 2 is 1.79 bits per heavy atom. The molecule has 4 aliphatic carbocycles. The van der Waals surface area contributed by atoms with Crippen LogP contribution in [-0.2, 0) is 4.79 Å². The second kappa shape index (κ2) is 6.55. The number of hydrogen-bond acceptors (Lipinski definition) is 2. The molecule has 0 heterocycles. The first-order valence-electron chi connectivity index (χ1n) is 11.4. The van der Waals surface area contributed by atoms with Crippen LogP contribution in [0.5, 0.6) is 0 Å². The number of benzene rings is 1. The van der Waals surface area contributed by atoms with Gasteiger partial charge in [0.1, 0.15) is 0 Å². The Morgan fingerprint density at radius 3 is 2.57 bits per heavy atom. The van der Waals surface area contributed by atoms with E-state index in [-0.39, 0.29) is 11.5 Å². The first-order chi connectivity index (χ1) is 13.4. The van der Waals surface area contributed by atoms with Crippen LogP contribution in [0.25, 0.3) is 6.08 Å².